The van der Waals surface area contributed by atoms with Crippen LogP contribution in [0, 0.1) is 0 Å². The highest BCUT2D eigenvalue weighted by atomic mass is 35.5. The lowest BCUT2D eigenvalue weighted by Gasteiger charge is -2.36. The molecule has 2 aromatic heterocycles. The second-order valence-electron chi connectivity index (χ2n) is 21.0. The molecule has 84 heavy (non-hydrogen) atoms. The van der Waals surface area contributed by atoms with Crippen LogP contribution in [0.15, 0.2) is 109 Å². The fraction of sp³-hybridized carbons (Fsp3) is 0.387. The second kappa shape index (κ2) is 32.1. The first-order chi connectivity index (χ1) is 39.3. The number of amides is 2. The van der Waals surface area contributed by atoms with Gasteiger partial charge in [0.05, 0.1) is 46.9 Å². The van der Waals surface area contributed by atoms with E-state index in [2.05, 4.69) is 20.4 Å². The number of ether oxygens (including phenoxy) is 4. The quantitative estimate of drug-likeness (QED) is 0.0468. The molecule has 4 aromatic carbocycles. The summed E-state index contributed by atoms with van der Waals surface area (Å²) >= 11 is 26.0. The van der Waals surface area contributed by atoms with Crippen molar-refractivity contribution >= 4 is 95.0 Å². The van der Waals surface area contributed by atoms with E-state index in [4.69, 9.17) is 75.3 Å². The van der Waals surface area contributed by atoms with Crippen molar-refractivity contribution in [2.24, 2.45) is 0 Å². The number of nitrogens with one attached hydrogen (secondary N) is 2. The average Bonchev–Trinajstić information content (AvgIpc) is 3.07. The smallest absolute Gasteiger partial charge is 0.329 e. The van der Waals surface area contributed by atoms with Crippen LogP contribution in [-0.4, -0.2) is 146 Å². The third-order valence-corrected chi connectivity index (χ3v) is 16.1. The maximum absolute atomic E-state index is 13.5. The number of hydrogen-bond acceptors (Lipinski definition) is 12. The zero-order valence-electron chi connectivity index (χ0n) is 47.7. The number of aliphatic carboxylic acids is 2. The normalized spacial score (nSPS) is 18.3. The Balaban J connectivity index is 0.000000300. The summed E-state index contributed by atoms with van der Waals surface area (Å²) in [5.41, 5.74) is 2.66. The third kappa shape index (κ3) is 17.7. The van der Waals surface area contributed by atoms with E-state index in [1.165, 1.54) is 0 Å². The Labute approximate surface area is 523 Å². The third-order valence-electron chi connectivity index (χ3n) is 14.8. The Morgan fingerprint density at radius 1 is 0.524 bits per heavy atom. The van der Waals surface area contributed by atoms with E-state index in [1.54, 1.807) is 74.9 Å². The first-order valence-electron chi connectivity index (χ1n) is 27.1. The summed E-state index contributed by atoms with van der Waals surface area (Å²) in [5.74, 6) is -2.26. The molecule has 0 aliphatic heterocycles. The van der Waals surface area contributed by atoms with Gasteiger partial charge in [-0.05, 0) is 153 Å². The number of methoxy groups -OCH3 is 2. The minimum Gasteiger partial charge on any atom is -0.492 e. The van der Waals surface area contributed by atoms with Crippen molar-refractivity contribution in [1.29, 1.82) is 0 Å². The second-order valence-corrected chi connectivity index (χ2v) is 22.6. The largest absolute Gasteiger partial charge is 0.492 e. The molecule has 4 N–H and O–H groups in total. The van der Waals surface area contributed by atoms with Gasteiger partial charge in [-0.15, -0.1) is 24.8 Å². The van der Waals surface area contributed by atoms with Crippen LogP contribution in [0.4, 0.5) is 0 Å². The van der Waals surface area contributed by atoms with Gasteiger partial charge in [0.15, 0.2) is 0 Å². The van der Waals surface area contributed by atoms with E-state index in [9.17, 15) is 29.4 Å². The van der Waals surface area contributed by atoms with Gasteiger partial charge in [-0.3, -0.25) is 9.59 Å². The molecule has 0 saturated heterocycles. The summed E-state index contributed by atoms with van der Waals surface area (Å²) in [6.07, 6.45) is 4.81. The SMILES string of the molecule is CO[C@H]1CC[C@@](NC(=O)c2ccc(-c3ccccc3Cl)c(-c3ccc(Cl)c(OCCCN(C)C)c3)n2)(C(=O)O)CC1.CO[C@H]1CC[C@](NC(=O)c2ccc(-c3ccccc3Cl)c(-c3ccc(Cl)c(OCCCN(C)C)c3)n2)(C(=O)O)CC1.Cl.Cl. The standard InChI is InChI=1S/2C31H35Cl2N3O5.2ClH/c2*1-36(2)17-6-18-41-27-19-20(9-11-25(27)33)28-23(22-7-4-5-8-24(22)32)10-12-26(34-28)29(37)35-31(30(38)39)15-13-21(40-3)14-16-31;;/h2*4-5,7-12,19,21H,6,13-18H2,1-3H3,(H,35,37)(H,38,39);2*1H/t21-,31+;21-,31-;;. The molecule has 2 amide bonds. The van der Waals surface area contributed by atoms with Gasteiger partial charge < -0.3 is 49.6 Å². The van der Waals surface area contributed by atoms with Crippen LogP contribution in [0.1, 0.15) is 85.2 Å². The summed E-state index contributed by atoms with van der Waals surface area (Å²) < 4.78 is 22.8. The van der Waals surface area contributed by atoms with Crippen molar-refractivity contribution in [2.45, 2.75) is 87.5 Å². The van der Waals surface area contributed by atoms with E-state index < -0.39 is 34.8 Å². The van der Waals surface area contributed by atoms with Crippen molar-refractivity contribution in [2.75, 3.05) is 68.7 Å². The lowest BCUT2D eigenvalue weighted by molar-refractivity contribution is -0.148. The fourth-order valence-corrected chi connectivity index (χ4v) is 10.9. The zero-order valence-corrected chi connectivity index (χ0v) is 52.4. The molecule has 6 aromatic rings. The number of carboxylic acid groups (broad SMARTS) is 2. The number of aromatic nitrogens is 2. The van der Waals surface area contributed by atoms with E-state index >= 15 is 0 Å². The molecular weight excluding hydrogens is 1200 g/mol. The Morgan fingerprint density at radius 2 is 0.881 bits per heavy atom. The van der Waals surface area contributed by atoms with Crippen molar-refractivity contribution in [3.63, 3.8) is 0 Å². The van der Waals surface area contributed by atoms with Gasteiger partial charge in [0.25, 0.3) is 11.8 Å². The van der Waals surface area contributed by atoms with Crippen molar-refractivity contribution in [1.82, 2.24) is 30.4 Å². The van der Waals surface area contributed by atoms with E-state index in [-0.39, 0.29) is 74.1 Å². The van der Waals surface area contributed by atoms with Gasteiger partial charge in [0.2, 0.25) is 0 Å². The Bertz CT molecular complexity index is 3000. The molecule has 0 atom stereocenters. The number of carbonyl (C=O) groups excluding carboxylic acids is 2. The average molecular weight is 1270 g/mol. The number of carbonyl (C=O) groups is 4. The number of benzene rings is 4. The predicted molar refractivity (Wildman–Crippen MR) is 336 cm³/mol. The number of halogens is 6. The van der Waals surface area contributed by atoms with Crippen LogP contribution >= 0.6 is 71.2 Å². The van der Waals surface area contributed by atoms with Gasteiger partial charge in [0.1, 0.15) is 34.0 Å². The van der Waals surface area contributed by atoms with E-state index in [1.807, 2.05) is 76.7 Å². The number of rotatable bonds is 22. The van der Waals surface area contributed by atoms with Gasteiger partial charge in [-0.1, -0.05) is 94.9 Å². The fourth-order valence-electron chi connectivity index (χ4n) is 10.0. The number of carboxylic acids is 2. The molecule has 452 valence electrons. The van der Waals surface area contributed by atoms with E-state index in [0.29, 0.717) is 104 Å². The molecule has 0 radical (unpaired) electrons. The summed E-state index contributed by atoms with van der Waals surface area (Å²) in [6.45, 7) is 2.71. The molecule has 8 rings (SSSR count). The first-order valence-corrected chi connectivity index (χ1v) is 28.6. The molecule has 16 nitrogen and oxygen atoms in total. The predicted octanol–water partition coefficient (Wildman–Crippen LogP) is 13.2. The minimum atomic E-state index is -1.39. The first kappa shape index (κ1) is 69.0. The van der Waals surface area contributed by atoms with Crippen LogP contribution in [0.25, 0.3) is 44.8 Å². The topological polar surface area (TPSA) is 202 Å². The zero-order chi connectivity index (χ0) is 59.1. The minimum absolute atomic E-state index is 0. The van der Waals surface area contributed by atoms with Crippen LogP contribution in [0.5, 0.6) is 11.5 Å². The number of nitrogens with zero attached hydrogens (tertiary/aromatic N) is 4. The van der Waals surface area contributed by atoms with Gasteiger partial charge in [-0.25, -0.2) is 19.6 Å². The molecule has 2 aliphatic carbocycles. The molecular formula is C62H72Cl6N6O10. The number of pyridine rings is 2. The lowest BCUT2D eigenvalue weighted by Crippen LogP contribution is -2.57. The van der Waals surface area contributed by atoms with Crippen molar-refractivity contribution < 1.29 is 48.3 Å². The van der Waals surface area contributed by atoms with E-state index in [0.717, 1.165) is 37.1 Å². The summed E-state index contributed by atoms with van der Waals surface area (Å²) in [4.78, 5) is 65.2. The molecule has 0 spiro atoms. The van der Waals surface area contributed by atoms with Gasteiger partial charge >= 0.3 is 11.9 Å². The summed E-state index contributed by atoms with van der Waals surface area (Å²) in [6, 6.07) is 32.2. The Kier molecular flexibility index (Phi) is 26.4. The van der Waals surface area contributed by atoms with Crippen LogP contribution < -0.4 is 20.1 Å². The van der Waals surface area contributed by atoms with Crippen molar-refractivity contribution in [3.05, 3.63) is 141 Å². The molecule has 0 bridgehead atoms. The Morgan fingerprint density at radius 3 is 1.20 bits per heavy atom. The highest BCUT2D eigenvalue weighted by molar-refractivity contribution is 6.34. The molecule has 0 unspecified atom stereocenters. The monoisotopic (exact) mass is 1270 g/mol. The number of hydrogen-bond donors (Lipinski definition) is 4. The van der Waals surface area contributed by atoms with Crippen LogP contribution in [-0.2, 0) is 19.1 Å². The summed E-state index contributed by atoms with van der Waals surface area (Å²) in [7, 11) is 11.2. The molecule has 22 heteroatoms. The maximum Gasteiger partial charge on any atom is 0.329 e. The van der Waals surface area contributed by atoms with Crippen LogP contribution in [0.2, 0.25) is 20.1 Å². The lowest BCUT2D eigenvalue weighted by atomic mass is 9.80. The van der Waals surface area contributed by atoms with Crippen molar-refractivity contribution in [3.8, 4) is 56.3 Å². The molecule has 2 saturated carbocycles. The molecule has 2 heterocycles. The van der Waals surface area contributed by atoms with Crippen LogP contribution in [0.3, 0.4) is 0 Å². The maximum atomic E-state index is 13.5. The molecule has 2 fully saturated rings. The Hall–Kier alpha value is -5.76. The summed E-state index contributed by atoms with van der Waals surface area (Å²) in [5, 5.41) is 27.6. The van der Waals surface area contributed by atoms with Gasteiger partial charge in [0, 0.05) is 70.7 Å². The van der Waals surface area contributed by atoms with Gasteiger partial charge in [-0.2, -0.15) is 0 Å². The highest BCUT2D eigenvalue weighted by Gasteiger charge is 2.45. The molecule has 2 aliphatic rings. The highest BCUT2D eigenvalue weighted by Crippen LogP contribution is 2.41.